The van der Waals surface area contributed by atoms with Gasteiger partial charge in [0, 0.05) is 18.7 Å². The van der Waals surface area contributed by atoms with Crippen LogP contribution in [0.4, 0.5) is 5.69 Å². The van der Waals surface area contributed by atoms with Gasteiger partial charge in [-0.2, -0.15) is 0 Å². The Kier molecular flexibility index (Phi) is 6.24. The lowest BCUT2D eigenvalue weighted by Gasteiger charge is -2.34. The van der Waals surface area contributed by atoms with Crippen LogP contribution in [-0.4, -0.2) is 55.8 Å². The first-order valence-corrected chi connectivity index (χ1v) is 9.90. The zero-order valence-electron chi connectivity index (χ0n) is 17.3. The monoisotopic (exact) mass is 414 g/mol. The fourth-order valence-corrected chi connectivity index (χ4v) is 4.71. The van der Waals surface area contributed by atoms with Crippen molar-refractivity contribution in [1.82, 2.24) is 4.90 Å². The molecule has 3 atom stereocenters. The number of nitrogens with one attached hydrogen (secondary N) is 1. The van der Waals surface area contributed by atoms with Gasteiger partial charge in [0.25, 0.3) is 0 Å². The highest BCUT2D eigenvalue weighted by molar-refractivity contribution is 6.07. The van der Waals surface area contributed by atoms with E-state index in [9.17, 15) is 19.2 Å². The number of anilines is 1. The van der Waals surface area contributed by atoms with Gasteiger partial charge in [0.15, 0.2) is 0 Å². The van der Waals surface area contributed by atoms with Crippen molar-refractivity contribution in [3.05, 3.63) is 41.7 Å². The molecule has 0 unspecified atom stereocenters. The lowest BCUT2D eigenvalue weighted by molar-refractivity contribution is -0.138. The lowest BCUT2D eigenvalue weighted by Crippen LogP contribution is -2.48. The fourth-order valence-electron chi connectivity index (χ4n) is 4.71. The van der Waals surface area contributed by atoms with Crippen LogP contribution in [0.15, 0.2) is 36.1 Å². The number of rotatable bonds is 8. The van der Waals surface area contributed by atoms with Crippen LogP contribution in [0.3, 0.4) is 0 Å². The molecule has 160 valence electrons. The summed E-state index contributed by atoms with van der Waals surface area (Å²) in [6.45, 7) is 2.08. The standard InChI is InChI=1S/C22H26N2O6/c1-4-18(26)14(15(12-29-2)20(27)30-3)11-19-22(9-10-24(19)13-25)16-7-5-6-8-17(16)23-21(22)28/h5-8,12-14,19H,4,9-11H2,1-3H3,(H,23,28)/t14-,19-,22-/m0/s1. The number of benzene rings is 1. The number of amides is 2. The highest BCUT2D eigenvalue weighted by Crippen LogP contribution is 2.49. The van der Waals surface area contributed by atoms with Crippen LogP contribution in [0.1, 0.15) is 31.7 Å². The molecule has 1 aromatic rings. The number of methoxy groups -OCH3 is 2. The molecule has 8 nitrogen and oxygen atoms in total. The number of Topliss-reactive ketones (excluding diaryl/α,β-unsaturated/α-hetero) is 1. The van der Waals surface area contributed by atoms with Gasteiger partial charge in [-0.1, -0.05) is 25.1 Å². The summed E-state index contributed by atoms with van der Waals surface area (Å²) in [5.41, 5.74) is 0.617. The number of likely N-dealkylation sites (tertiary alicyclic amines) is 1. The number of esters is 1. The summed E-state index contributed by atoms with van der Waals surface area (Å²) >= 11 is 0. The third kappa shape index (κ3) is 3.36. The average molecular weight is 414 g/mol. The van der Waals surface area contributed by atoms with Crippen molar-refractivity contribution < 1.29 is 28.7 Å². The van der Waals surface area contributed by atoms with Crippen molar-refractivity contribution >= 4 is 29.8 Å². The minimum Gasteiger partial charge on any atom is -0.504 e. The van der Waals surface area contributed by atoms with Crippen LogP contribution in [0, 0.1) is 5.92 Å². The van der Waals surface area contributed by atoms with Gasteiger partial charge in [-0.25, -0.2) is 4.79 Å². The number of carbonyl (C=O) groups is 4. The number of carbonyl (C=O) groups excluding carboxylic acids is 4. The van der Waals surface area contributed by atoms with E-state index in [4.69, 9.17) is 9.47 Å². The molecule has 1 aromatic carbocycles. The molecule has 0 bridgehead atoms. The number of para-hydroxylation sites is 1. The summed E-state index contributed by atoms with van der Waals surface area (Å²) in [6.07, 6.45) is 2.65. The first-order valence-electron chi connectivity index (χ1n) is 9.90. The molecule has 8 heteroatoms. The van der Waals surface area contributed by atoms with Crippen molar-refractivity contribution in [2.75, 3.05) is 26.1 Å². The van der Waals surface area contributed by atoms with Gasteiger partial charge in [-0.15, -0.1) is 0 Å². The minimum absolute atomic E-state index is 0.0754. The van der Waals surface area contributed by atoms with E-state index in [1.807, 2.05) is 24.3 Å². The molecule has 3 rings (SSSR count). The Morgan fingerprint density at radius 1 is 1.33 bits per heavy atom. The van der Waals surface area contributed by atoms with E-state index in [-0.39, 0.29) is 30.1 Å². The molecule has 0 aliphatic carbocycles. The lowest BCUT2D eigenvalue weighted by atomic mass is 9.71. The normalized spacial score (nSPS) is 23.7. The number of hydrogen-bond acceptors (Lipinski definition) is 6. The van der Waals surface area contributed by atoms with Gasteiger partial charge in [-0.3, -0.25) is 14.4 Å². The first kappa shape index (κ1) is 21.5. The van der Waals surface area contributed by atoms with E-state index >= 15 is 0 Å². The highest BCUT2D eigenvalue weighted by atomic mass is 16.5. The van der Waals surface area contributed by atoms with Crippen molar-refractivity contribution in [3.63, 3.8) is 0 Å². The van der Waals surface area contributed by atoms with Gasteiger partial charge in [-0.05, 0) is 24.5 Å². The number of nitrogens with zero attached hydrogens (tertiary/aromatic N) is 1. The van der Waals surface area contributed by atoms with E-state index in [1.165, 1.54) is 20.5 Å². The van der Waals surface area contributed by atoms with Gasteiger partial charge in [0.2, 0.25) is 12.3 Å². The highest BCUT2D eigenvalue weighted by Gasteiger charge is 2.58. The molecule has 2 heterocycles. The van der Waals surface area contributed by atoms with Crippen LogP contribution in [0.25, 0.3) is 0 Å². The maximum Gasteiger partial charge on any atom is 0.337 e. The van der Waals surface area contributed by atoms with E-state index in [0.717, 1.165) is 5.56 Å². The zero-order valence-corrected chi connectivity index (χ0v) is 17.3. The second-order valence-corrected chi connectivity index (χ2v) is 7.49. The van der Waals surface area contributed by atoms with Gasteiger partial charge < -0.3 is 19.7 Å². The van der Waals surface area contributed by atoms with E-state index in [1.54, 1.807) is 11.8 Å². The quantitative estimate of drug-likeness (QED) is 0.301. The molecule has 2 aliphatic rings. The second kappa shape index (κ2) is 8.69. The molecule has 1 N–H and O–H groups in total. The third-order valence-corrected chi connectivity index (χ3v) is 6.17. The average Bonchev–Trinajstić information content (AvgIpc) is 3.27. The molecule has 0 radical (unpaired) electrons. The molecule has 1 fully saturated rings. The predicted octanol–water partition coefficient (Wildman–Crippen LogP) is 1.80. The largest absolute Gasteiger partial charge is 0.504 e. The Labute approximate surface area is 175 Å². The predicted molar refractivity (Wildman–Crippen MR) is 108 cm³/mol. The summed E-state index contributed by atoms with van der Waals surface area (Å²) in [4.78, 5) is 51.8. The number of hydrogen-bond donors (Lipinski definition) is 1. The van der Waals surface area contributed by atoms with Crippen molar-refractivity contribution in [2.45, 2.75) is 37.6 Å². The van der Waals surface area contributed by atoms with Crippen LogP contribution < -0.4 is 5.32 Å². The van der Waals surface area contributed by atoms with Crippen molar-refractivity contribution in [1.29, 1.82) is 0 Å². The summed E-state index contributed by atoms with van der Waals surface area (Å²) in [7, 11) is 2.61. The van der Waals surface area contributed by atoms with Crippen LogP contribution in [-0.2, 0) is 34.1 Å². The molecule has 2 amide bonds. The third-order valence-electron chi connectivity index (χ3n) is 6.17. The van der Waals surface area contributed by atoms with Gasteiger partial charge >= 0.3 is 5.97 Å². The van der Waals surface area contributed by atoms with Crippen molar-refractivity contribution in [2.24, 2.45) is 5.92 Å². The Morgan fingerprint density at radius 3 is 2.70 bits per heavy atom. The zero-order chi connectivity index (χ0) is 21.9. The maximum absolute atomic E-state index is 13.2. The summed E-state index contributed by atoms with van der Waals surface area (Å²) < 4.78 is 9.89. The van der Waals surface area contributed by atoms with Gasteiger partial charge in [0.1, 0.15) is 5.78 Å². The van der Waals surface area contributed by atoms with Gasteiger partial charge in [0.05, 0.1) is 43.4 Å². The number of fused-ring (bicyclic) bond motifs is 2. The van der Waals surface area contributed by atoms with Crippen LogP contribution >= 0.6 is 0 Å². The SMILES string of the molecule is CCC(=O)[C@@H](C[C@@H]1N(C=O)CC[C@@]12C(=O)Nc1ccccc12)C(=COC)C(=O)OC. The van der Waals surface area contributed by atoms with Crippen LogP contribution in [0.2, 0.25) is 0 Å². The van der Waals surface area contributed by atoms with E-state index in [2.05, 4.69) is 5.32 Å². The summed E-state index contributed by atoms with van der Waals surface area (Å²) in [5.74, 6) is -1.94. The molecule has 1 saturated heterocycles. The van der Waals surface area contributed by atoms with Crippen LogP contribution in [0.5, 0.6) is 0 Å². The molecular formula is C22H26N2O6. The Bertz CT molecular complexity index is 895. The van der Waals surface area contributed by atoms with Crippen molar-refractivity contribution in [3.8, 4) is 0 Å². The molecule has 2 aliphatic heterocycles. The molecule has 0 aromatic heterocycles. The maximum atomic E-state index is 13.2. The molecule has 1 spiro atoms. The Balaban J connectivity index is 2.08. The fraction of sp³-hybridized carbons (Fsp3) is 0.455. The smallest absolute Gasteiger partial charge is 0.337 e. The second-order valence-electron chi connectivity index (χ2n) is 7.49. The van der Waals surface area contributed by atoms with E-state index < -0.39 is 23.3 Å². The number of ether oxygens (including phenoxy) is 2. The Morgan fingerprint density at radius 2 is 2.07 bits per heavy atom. The minimum atomic E-state index is -0.974. The first-order chi connectivity index (χ1) is 14.4. The molecular weight excluding hydrogens is 388 g/mol. The Hall–Kier alpha value is -3.16. The summed E-state index contributed by atoms with van der Waals surface area (Å²) in [5, 5.41) is 2.91. The van der Waals surface area contributed by atoms with E-state index in [0.29, 0.717) is 25.1 Å². The number of ketones is 1. The topological polar surface area (TPSA) is 102 Å². The molecule has 30 heavy (non-hydrogen) atoms. The molecule has 0 saturated carbocycles. The summed E-state index contributed by atoms with van der Waals surface area (Å²) in [6, 6.07) is 6.78.